The number of nitrogens with zero attached hydrogens (tertiary/aromatic N) is 1. The van der Waals surface area contributed by atoms with Gasteiger partial charge in [0.1, 0.15) is 12.4 Å². The van der Waals surface area contributed by atoms with Crippen LogP contribution in [0.2, 0.25) is 5.02 Å². The maximum atomic E-state index is 12.0. The highest BCUT2D eigenvalue weighted by atomic mass is 35.5. The van der Waals surface area contributed by atoms with Gasteiger partial charge in [-0.1, -0.05) is 48.0 Å². The molecule has 0 aliphatic heterocycles. The number of carbonyl (C=O) groups excluding carboxylic acids is 1. The highest BCUT2D eigenvalue weighted by molar-refractivity contribution is 6.33. The van der Waals surface area contributed by atoms with Gasteiger partial charge in [0.25, 0.3) is 0 Å². The summed E-state index contributed by atoms with van der Waals surface area (Å²) in [5.74, 6) is -0.410. The van der Waals surface area contributed by atoms with E-state index in [1.54, 1.807) is 48.5 Å². The first kappa shape index (κ1) is 20.9. The molecule has 0 heterocycles. The fourth-order valence-corrected chi connectivity index (χ4v) is 2.68. The molecule has 3 N–H and O–H groups in total. The van der Waals surface area contributed by atoms with Crippen molar-refractivity contribution in [2.75, 3.05) is 5.32 Å². The van der Waals surface area contributed by atoms with Gasteiger partial charge >= 0.3 is 12.0 Å². The second-order valence-electron chi connectivity index (χ2n) is 6.13. The molecule has 0 radical (unpaired) electrons. The average molecular weight is 424 g/mol. The summed E-state index contributed by atoms with van der Waals surface area (Å²) < 4.78 is 5.81. The number of carbonyl (C=O) groups is 2. The molecule has 3 rings (SSSR count). The van der Waals surface area contributed by atoms with Crippen molar-refractivity contribution in [1.82, 2.24) is 5.43 Å². The fraction of sp³-hybridized carbons (Fsp3) is 0.0455. The van der Waals surface area contributed by atoms with Gasteiger partial charge in [0.15, 0.2) is 0 Å². The number of hydrogen-bond donors (Lipinski definition) is 3. The number of para-hydroxylation sites is 2. The number of benzene rings is 3. The Labute approximate surface area is 178 Å². The van der Waals surface area contributed by atoms with Gasteiger partial charge in [-0.15, -0.1) is 0 Å². The van der Waals surface area contributed by atoms with Crippen LogP contribution in [0.3, 0.4) is 0 Å². The normalized spacial score (nSPS) is 10.6. The molecule has 0 aromatic heterocycles. The highest BCUT2D eigenvalue weighted by Crippen LogP contribution is 2.20. The van der Waals surface area contributed by atoms with Crippen LogP contribution < -0.4 is 15.5 Å². The lowest BCUT2D eigenvalue weighted by Gasteiger charge is -2.09. The first-order valence-electron chi connectivity index (χ1n) is 8.91. The zero-order valence-electron chi connectivity index (χ0n) is 15.7. The average Bonchev–Trinajstić information content (AvgIpc) is 2.75. The molecular formula is C22H18ClN3O4. The lowest BCUT2D eigenvalue weighted by molar-refractivity contribution is 0.0697. The van der Waals surface area contributed by atoms with E-state index in [9.17, 15) is 9.59 Å². The smallest absolute Gasteiger partial charge is 0.339 e. The third-order valence-electron chi connectivity index (χ3n) is 4.01. The molecule has 0 aliphatic rings. The van der Waals surface area contributed by atoms with E-state index in [2.05, 4.69) is 15.8 Å². The molecule has 0 unspecified atom stereocenters. The number of aromatic carboxylic acids is 1. The molecule has 30 heavy (non-hydrogen) atoms. The van der Waals surface area contributed by atoms with Crippen LogP contribution in [0.25, 0.3) is 0 Å². The van der Waals surface area contributed by atoms with Gasteiger partial charge in [-0.25, -0.2) is 15.0 Å². The fourth-order valence-electron chi connectivity index (χ4n) is 2.50. The van der Waals surface area contributed by atoms with E-state index in [0.29, 0.717) is 22.0 Å². The zero-order valence-corrected chi connectivity index (χ0v) is 16.5. The zero-order chi connectivity index (χ0) is 21.3. The van der Waals surface area contributed by atoms with Crippen molar-refractivity contribution >= 4 is 35.5 Å². The summed E-state index contributed by atoms with van der Waals surface area (Å²) in [6.45, 7) is 0.255. The summed E-state index contributed by atoms with van der Waals surface area (Å²) in [5.41, 5.74) is 4.55. The maximum Gasteiger partial charge on any atom is 0.339 e. The number of anilines is 1. The SMILES string of the molecule is O=C(N/N=C\c1ccccc1OCc1ccc(C(=O)O)cc1)Nc1ccccc1Cl. The molecule has 0 saturated carbocycles. The maximum absolute atomic E-state index is 12.0. The van der Waals surface area contributed by atoms with Crippen LogP contribution in [-0.2, 0) is 6.61 Å². The summed E-state index contributed by atoms with van der Waals surface area (Å²) in [5, 5.41) is 15.9. The Morgan fingerprint density at radius 1 is 1.00 bits per heavy atom. The van der Waals surface area contributed by atoms with E-state index < -0.39 is 12.0 Å². The van der Waals surface area contributed by atoms with Gasteiger partial charge in [-0.3, -0.25) is 0 Å². The van der Waals surface area contributed by atoms with Crippen LogP contribution in [0.5, 0.6) is 5.75 Å². The Kier molecular flexibility index (Phi) is 7.02. The van der Waals surface area contributed by atoms with Crippen LogP contribution >= 0.6 is 11.6 Å². The Hall–Kier alpha value is -3.84. The van der Waals surface area contributed by atoms with E-state index >= 15 is 0 Å². The molecule has 8 heteroatoms. The number of halogens is 1. The van der Waals surface area contributed by atoms with Crippen LogP contribution in [0.1, 0.15) is 21.5 Å². The molecule has 0 saturated heterocycles. The molecule has 3 aromatic rings. The summed E-state index contributed by atoms with van der Waals surface area (Å²) in [4.78, 5) is 22.9. The molecule has 0 atom stereocenters. The van der Waals surface area contributed by atoms with Crippen molar-refractivity contribution in [2.45, 2.75) is 6.61 Å². The third-order valence-corrected chi connectivity index (χ3v) is 4.34. The van der Waals surface area contributed by atoms with E-state index in [4.69, 9.17) is 21.4 Å². The lowest BCUT2D eigenvalue weighted by atomic mass is 10.1. The minimum atomic E-state index is -0.977. The summed E-state index contributed by atoms with van der Waals surface area (Å²) >= 11 is 6.00. The predicted octanol–water partition coefficient (Wildman–Crippen LogP) is 4.77. The topological polar surface area (TPSA) is 100 Å². The molecule has 0 bridgehead atoms. The number of urea groups is 1. The monoisotopic (exact) mass is 423 g/mol. The number of carboxylic acid groups (broad SMARTS) is 1. The number of amides is 2. The predicted molar refractivity (Wildman–Crippen MR) is 115 cm³/mol. The quantitative estimate of drug-likeness (QED) is 0.376. The number of carboxylic acids is 1. The Morgan fingerprint density at radius 3 is 2.43 bits per heavy atom. The molecular weight excluding hydrogens is 406 g/mol. The van der Waals surface area contributed by atoms with Crippen LogP contribution in [0.4, 0.5) is 10.5 Å². The van der Waals surface area contributed by atoms with Crippen molar-refractivity contribution in [3.8, 4) is 5.75 Å². The van der Waals surface area contributed by atoms with Crippen molar-refractivity contribution in [3.63, 3.8) is 0 Å². The highest BCUT2D eigenvalue weighted by Gasteiger charge is 2.06. The summed E-state index contributed by atoms with van der Waals surface area (Å²) in [6.07, 6.45) is 1.47. The van der Waals surface area contributed by atoms with Crippen molar-refractivity contribution in [2.24, 2.45) is 5.10 Å². The van der Waals surface area contributed by atoms with Crippen molar-refractivity contribution in [1.29, 1.82) is 0 Å². The van der Waals surface area contributed by atoms with Gasteiger partial charge in [0.2, 0.25) is 0 Å². The van der Waals surface area contributed by atoms with Gasteiger partial charge in [-0.2, -0.15) is 5.10 Å². The largest absolute Gasteiger partial charge is 0.488 e. The molecule has 3 aromatic carbocycles. The molecule has 152 valence electrons. The Balaban J connectivity index is 1.58. The third kappa shape index (κ3) is 5.83. The van der Waals surface area contributed by atoms with E-state index in [0.717, 1.165) is 5.56 Å². The minimum absolute atomic E-state index is 0.215. The van der Waals surface area contributed by atoms with E-state index in [1.807, 2.05) is 12.1 Å². The second kappa shape index (κ2) is 10.1. The number of nitrogens with one attached hydrogen (secondary N) is 2. The van der Waals surface area contributed by atoms with Crippen LogP contribution in [-0.4, -0.2) is 23.3 Å². The minimum Gasteiger partial charge on any atom is -0.488 e. The van der Waals surface area contributed by atoms with E-state index in [-0.39, 0.29) is 12.2 Å². The second-order valence-corrected chi connectivity index (χ2v) is 6.54. The van der Waals surface area contributed by atoms with Gasteiger partial charge < -0.3 is 15.2 Å². The number of hydrogen-bond acceptors (Lipinski definition) is 4. The Bertz CT molecular complexity index is 1070. The summed E-state index contributed by atoms with van der Waals surface area (Å²) in [6, 6.07) is 20.0. The van der Waals surface area contributed by atoms with Gasteiger partial charge in [0, 0.05) is 5.56 Å². The molecule has 0 fully saturated rings. The lowest BCUT2D eigenvalue weighted by Crippen LogP contribution is -2.24. The first-order chi connectivity index (χ1) is 14.5. The number of rotatable bonds is 7. The summed E-state index contributed by atoms with van der Waals surface area (Å²) in [7, 11) is 0. The molecule has 0 spiro atoms. The molecule has 0 aliphatic carbocycles. The Morgan fingerprint density at radius 2 is 1.70 bits per heavy atom. The van der Waals surface area contributed by atoms with Crippen LogP contribution in [0, 0.1) is 0 Å². The van der Waals surface area contributed by atoms with Gasteiger partial charge in [0.05, 0.1) is 22.5 Å². The van der Waals surface area contributed by atoms with E-state index in [1.165, 1.54) is 18.3 Å². The van der Waals surface area contributed by atoms with Gasteiger partial charge in [-0.05, 0) is 42.0 Å². The number of ether oxygens (including phenoxy) is 1. The van der Waals surface area contributed by atoms with Crippen molar-refractivity contribution in [3.05, 3.63) is 94.5 Å². The standard InChI is InChI=1S/C22H18ClN3O4/c23-18-6-2-3-7-19(18)25-22(29)26-24-13-17-5-1-4-8-20(17)30-14-15-9-11-16(12-10-15)21(27)28/h1-13H,14H2,(H,27,28)(H2,25,26,29)/b24-13-. The molecule has 2 amide bonds. The van der Waals surface area contributed by atoms with Crippen molar-refractivity contribution < 1.29 is 19.4 Å². The first-order valence-corrected chi connectivity index (χ1v) is 9.29. The number of hydrazone groups is 1. The molecule has 7 nitrogen and oxygen atoms in total. The van der Waals surface area contributed by atoms with Crippen LogP contribution in [0.15, 0.2) is 77.9 Å².